The van der Waals surface area contributed by atoms with Crippen molar-refractivity contribution in [3.63, 3.8) is 0 Å². The molecule has 0 aliphatic carbocycles. The second-order valence-electron chi connectivity index (χ2n) is 8.41. The van der Waals surface area contributed by atoms with Crippen LogP contribution in [0.5, 0.6) is 0 Å². The molecule has 4 rings (SSSR count). The van der Waals surface area contributed by atoms with Gasteiger partial charge in [-0.2, -0.15) is 13.2 Å². The van der Waals surface area contributed by atoms with Crippen molar-refractivity contribution in [2.75, 3.05) is 26.7 Å². The first-order valence-electron chi connectivity index (χ1n) is 10.5. The Bertz CT molecular complexity index is 1100. The lowest BCUT2D eigenvalue weighted by Crippen LogP contribution is -2.81. The maximum Gasteiger partial charge on any atom is 0.416 e. The molecule has 1 spiro atoms. The minimum Gasteiger partial charge on any atom is -0.341 e. The smallest absolute Gasteiger partial charge is 0.341 e. The number of benzene rings is 2. The van der Waals surface area contributed by atoms with Crippen LogP contribution in [0.2, 0.25) is 5.02 Å². The molecule has 2 aliphatic rings. The highest BCUT2D eigenvalue weighted by atomic mass is 35.5. The number of nitrogens with one attached hydrogen (secondary N) is 1. The number of halogens is 4. The van der Waals surface area contributed by atoms with Gasteiger partial charge >= 0.3 is 12.2 Å². The summed E-state index contributed by atoms with van der Waals surface area (Å²) in [5, 5.41) is 3.04. The molecule has 1 N–H and O–H groups in total. The number of carbonyl (C=O) groups is 3. The summed E-state index contributed by atoms with van der Waals surface area (Å²) in [4.78, 5) is 43.1. The Balaban J connectivity index is 1.59. The Morgan fingerprint density at radius 1 is 1.00 bits per heavy atom. The fourth-order valence-electron chi connectivity index (χ4n) is 4.32. The summed E-state index contributed by atoms with van der Waals surface area (Å²) in [5.41, 5.74) is -0.829. The molecular formula is C23H22ClF3N4O3. The van der Waals surface area contributed by atoms with Crippen molar-refractivity contribution in [3.8, 4) is 0 Å². The molecule has 0 unspecified atom stereocenters. The van der Waals surface area contributed by atoms with Gasteiger partial charge in [-0.05, 0) is 35.4 Å². The molecule has 2 aliphatic heterocycles. The molecule has 0 bridgehead atoms. The summed E-state index contributed by atoms with van der Waals surface area (Å²) >= 11 is 5.93. The van der Waals surface area contributed by atoms with Crippen LogP contribution in [-0.4, -0.2) is 64.8 Å². The van der Waals surface area contributed by atoms with Gasteiger partial charge in [0.25, 0.3) is 5.91 Å². The number of rotatable bonds is 4. The largest absolute Gasteiger partial charge is 0.416 e. The van der Waals surface area contributed by atoms with Gasteiger partial charge in [0.2, 0.25) is 5.91 Å². The highest BCUT2D eigenvalue weighted by molar-refractivity contribution is 6.30. The minimum absolute atomic E-state index is 0.00496. The Kier molecular flexibility index (Phi) is 6.20. The molecule has 11 heteroatoms. The molecule has 34 heavy (non-hydrogen) atoms. The number of likely N-dealkylation sites (tertiary alicyclic amines) is 1. The monoisotopic (exact) mass is 494 g/mol. The van der Waals surface area contributed by atoms with E-state index in [0.29, 0.717) is 10.6 Å². The third-order valence-corrected chi connectivity index (χ3v) is 6.40. The van der Waals surface area contributed by atoms with E-state index in [4.69, 9.17) is 11.6 Å². The SMILES string of the molecule is CNC(=O)N1CC2(C1)C(=O)N(Cc1ccc(Cl)cc1)CC(=O)N2Cc1ccc(C(F)(F)F)cc1. The summed E-state index contributed by atoms with van der Waals surface area (Å²) in [6, 6.07) is 11.0. The van der Waals surface area contributed by atoms with Crippen LogP contribution in [0.15, 0.2) is 48.5 Å². The molecule has 0 radical (unpaired) electrons. The number of hydrogen-bond donors (Lipinski definition) is 1. The van der Waals surface area contributed by atoms with Gasteiger partial charge in [-0.1, -0.05) is 35.9 Å². The third-order valence-electron chi connectivity index (χ3n) is 6.14. The van der Waals surface area contributed by atoms with Gasteiger partial charge in [-0.3, -0.25) is 9.59 Å². The lowest BCUT2D eigenvalue weighted by molar-refractivity contribution is -0.177. The van der Waals surface area contributed by atoms with Gasteiger partial charge in [-0.25, -0.2) is 4.79 Å². The highest BCUT2D eigenvalue weighted by Crippen LogP contribution is 2.36. The van der Waals surface area contributed by atoms with Gasteiger partial charge in [0.15, 0.2) is 5.54 Å². The van der Waals surface area contributed by atoms with Crippen LogP contribution < -0.4 is 5.32 Å². The van der Waals surface area contributed by atoms with E-state index in [1.54, 1.807) is 24.3 Å². The van der Waals surface area contributed by atoms with E-state index in [-0.39, 0.29) is 50.6 Å². The lowest BCUT2D eigenvalue weighted by Gasteiger charge is -2.57. The average molecular weight is 495 g/mol. The predicted molar refractivity (Wildman–Crippen MR) is 118 cm³/mol. The Hall–Kier alpha value is -3.27. The van der Waals surface area contributed by atoms with Crippen LogP contribution in [0.3, 0.4) is 0 Å². The zero-order chi connectivity index (χ0) is 24.7. The quantitative estimate of drug-likeness (QED) is 0.710. The molecule has 0 saturated carbocycles. The normalized spacial score (nSPS) is 17.7. The van der Waals surface area contributed by atoms with E-state index < -0.39 is 17.3 Å². The van der Waals surface area contributed by atoms with Crippen molar-refractivity contribution in [1.29, 1.82) is 0 Å². The lowest BCUT2D eigenvalue weighted by atomic mass is 9.83. The molecule has 4 amide bonds. The van der Waals surface area contributed by atoms with Gasteiger partial charge in [0.1, 0.15) is 6.54 Å². The van der Waals surface area contributed by atoms with E-state index in [1.807, 2.05) is 0 Å². The summed E-state index contributed by atoms with van der Waals surface area (Å²) in [7, 11) is 1.47. The topological polar surface area (TPSA) is 73.0 Å². The van der Waals surface area contributed by atoms with Crippen LogP contribution in [0.4, 0.5) is 18.0 Å². The number of piperazine rings is 1. The number of amides is 4. The zero-order valence-electron chi connectivity index (χ0n) is 18.2. The fraction of sp³-hybridized carbons (Fsp3) is 0.348. The highest BCUT2D eigenvalue weighted by Gasteiger charge is 2.60. The number of alkyl halides is 3. The van der Waals surface area contributed by atoms with Crippen LogP contribution >= 0.6 is 11.6 Å². The molecule has 2 aromatic carbocycles. The number of hydrogen-bond acceptors (Lipinski definition) is 3. The van der Waals surface area contributed by atoms with Crippen molar-refractivity contribution in [3.05, 3.63) is 70.2 Å². The van der Waals surface area contributed by atoms with E-state index in [0.717, 1.165) is 17.7 Å². The van der Waals surface area contributed by atoms with E-state index in [2.05, 4.69) is 5.32 Å². The molecule has 0 aromatic heterocycles. The molecule has 2 aromatic rings. The Morgan fingerprint density at radius 2 is 1.56 bits per heavy atom. The molecule has 180 valence electrons. The molecule has 2 saturated heterocycles. The van der Waals surface area contributed by atoms with Crippen molar-refractivity contribution in [1.82, 2.24) is 20.0 Å². The molecule has 2 fully saturated rings. The van der Waals surface area contributed by atoms with Crippen molar-refractivity contribution < 1.29 is 27.6 Å². The second kappa shape index (κ2) is 8.83. The predicted octanol–water partition coefficient (Wildman–Crippen LogP) is 3.12. The van der Waals surface area contributed by atoms with Gasteiger partial charge in [0.05, 0.1) is 18.7 Å². The standard InChI is InChI=1S/C23H22ClF3N4O3/c1-28-21(34)30-13-22(14-30)20(33)29(10-15-4-8-18(24)9-5-15)12-19(32)31(22)11-16-2-6-17(7-3-16)23(25,26)27/h2-9H,10-14H2,1H3,(H,28,34). The summed E-state index contributed by atoms with van der Waals surface area (Å²) in [6.45, 7) is -0.0372. The van der Waals surface area contributed by atoms with Crippen molar-refractivity contribution in [2.45, 2.75) is 24.8 Å². The first-order valence-corrected chi connectivity index (χ1v) is 10.9. The maximum atomic E-state index is 13.6. The fourth-order valence-corrected chi connectivity index (χ4v) is 4.45. The maximum absolute atomic E-state index is 13.6. The summed E-state index contributed by atoms with van der Waals surface area (Å²) in [6.07, 6.45) is -4.47. The third kappa shape index (κ3) is 4.42. The molecule has 2 heterocycles. The molecular weight excluding hydrogens is 473 g/mol. The number of carbonyl (C=O) groups excluding carboxylic acids is 3. The van der Waals surface area contributed by atoms with E-state index >= 15 is 0 Å². The van der Waals surface area contributed by atoms with Crippen LogP contribution in [0.25, 0.3) is 0 Å². The van der Waals surface area contributed by atoms with Crippen molar-refractivity contribution in [2.24, 2.45) is 0 Å². The summed E-state index contributed by atoms with van der Waals surface area (Å²) < 4.78 is 38.7. The number of nitrogens with zero attached hydrogens (tertiary/aromatic N) is 3. The van der Waals surface area contributed by atoms with E-state index in [9.17, 15) is 27.6 Å². The average Bonchev–Trinajstić information content (AvgIpc) is 2.77. The van der Waals surface area contributed by atoms with Crippen LogP contribution in [0.1, 0.15) is 16.7 Å². The van der Waals surface area contributed by atoms with E-state index in [1.165, 1.54) is 33.9 Å². The van der Waals surface area contributed by atoms with Crippen LogP contribution in [-0.2, 0) is 28.9 Å². The first kappa shape index (κ1) is 23.9. The second-order valence-corrected chi connectivity index (χ2v) is 8.84. The summed E-state index contributed by atoms with van der Waals surface area (Å²) in [5.74, 6) is -0.654. The minimum atomic E-state index is -4.47. The first-order chi connectivity index (χ1) is 16.0. The Morgan fingerprint density at radius 3 is 2.12 bits per heavy atom. The zero-order valence-corrected chi connectivity index (χ0v) is 19.0. The van der Waals surface area contributed by atoms with Gasteiger partial charge in [-0.15, -0.1) is 0 Å². The Labute approximate surface area is 199 Å². The van der Waals surface area contributed by atoms with Crippen LogP contribution in [0, 0.1) is 0 Å². The molecule has 0 atom stereocenters. The molecule has 7 nitrogen and oxygen atoms in total. The van der Waals surface area contributed by atoms with Crippen molar-refractivity contribution >= 4 is 29.4 Å². The number of urea groups is 1. The van der Waals surface area contributed by atoms with Gasteiger partial charge in [0, 0.05) is 25.2 Å². The van der Waals surface area contributed by atoms with Gasteiger partial charge < -0.3 is 20.0 Å².